The van der Waals surface area contributed by atoms with Gasteiger partial charge in [0, 0.05) is 24.0 Å². The van der Waals surface area contributed by atoms with E-state index >= 15 is 0 Å². The number of aromatic nitrogens is 1. The van der Waals surface area contributed by atoms with Gasteiger partial charge in [0.05, 0.1) is 0 Å². The third-order valence-corrected chi connectivity index (χ3v) is 2.91. The van der Waals surface area contributed by atoms with Gasteiger partial charge >= 0.3 is 0 Å². The minimum atomic E-state index is -0.149. The third kappa shape index (κ3) is 4.09. The number of unbranched alkanes of at least 4 members (excludes halogenated alkanes) is 1. The predicted octanol–water partition coefficient (Wildman–Crippen LogP) is 3.55. The number of nitrogens with one attached hydrogen (secondary N) is 2. The average molecular weight is 269 g/mol. The van der Waals surface area contributed by atoms with Crippen molar-refractivity contribution in [2.24, 2.45) is 0 Å². The summed E-state index contributed by atoms with van der Waals surface area (Å²) in [4.78, 5) is 16.1. The van der Waals surface area contributed by atoms with Crippen molar-refractivity contribution in [3.63, 3.8) is 0 Å². The molecule has 0 saturated heterocycles. The molecule has 0 saturated carbocycles. The Morgan fingerprint density at radius 1 is 1.15 bits per heavy atom. The summed E-state index contributed by atoms with van der Waals surface area (Å²) in [5.41, 5.74) is 1.66. The Kier molecular flexibility index (Phi) is 5.12. The maximum absolute atomic E-state index is 12.0. The minimum absolute atomic E-state index is 0.149. The van der Waals surface area contributed by atoms with Crippen LogP contribution in [0, 0.1) is 0 Å². The van der Waals surface area contributed by atoms with Crippen molar-refractivity contribution >= 4 is 17.4 Å². The first-order valence-electron chi connectivity index (χ1n) is 6.86. The van der Waals surface area contributed by atoms with Crippen molar-refractivity contribution < 1.29 is 4.79 Å². The molecule has 0 aliphatic rings. The Labute approximate surface area is 119 Å². The van der Waals surface area contributed by atoms with Crippen molar-refractivity contribution in [3.8, 4) is 0 Å². The Balaban J connectivity index is 1.94. The van der Waals surface area contributed by atoms with E-state index in [-0.39, 0.29) is 5.91 Å². The van der Waals surface area contributed by atoms with Gasteiger partial charge in [-0.2, -0.15) is 0 Å². The van der Waals surface area contributed by atoms with Gasteiger partial charge < -0.3 is 10.6 Å². The lowest BCUT2D eigenvalue weighted by Gasteiger charge is -2.07. The van der Waals surface area contributed by atoms with Crippen LogP contribution in [0.4, 0.5) is 11.5 Å². The molecule has 20 heavy (non-hydrogen) atoms. The number of amides is 1. The number of benzene rings is 1. The van der Waals surface area contributed by atoms with Crippen LogP contribution in [0.3, 0.4) is 0 Å². The molecule has 1 aromatic carbocycles. The summed E-state index contributed by atoms with van der Waals surface area (Å²) < 4.78 is 0. The quantitative estimate of drug-likeness (QED) is 0.789. The highest BCUT2D eigenvalue weighted by molar-refractivity contribution is 6.03. The number of hydrogen-bond acceptors (Lipinski definition) is 3. The second-order valence-corrected chi connectivity index (χ2v) is 4.53. The molecule has 0 bridgehead atoms. The van der Waals surface area contributed by atoms with Crippen molar-refractivity contribution in [2.75, 3.05) is 17.2 Å². The van der Waals surface area contributed by atoms with Crippen LogP contribution in [-0.2, 0) is 0 Å². The highest BCUT2D eigenvalue weighted by atomic mass is 16.1. The molecule has 0 aliphatic heterocycles. The highest BCUT2D eigenvalue weighted by Crippen LogP contribution is 2.11. The van der Waals surface area contributed by atoms with Crippen molar-refractivity contribution in [3.05, 3.63) is 54.2 Å². The van der Waals surface area contributed by atoms with Crippen molar-refractivity contribution in [2.45, 2.75) is 19.8 Å². The molecule has 2 rings (SSSR count). The van der Waals surface area contributed by atoms with E-state index in [0.29, 0.717) is 11.4 Å². The standard InChI is InChI=1S/C16H19N3O/c1-2-3-11-17-14-9-7-13(8-10-14)16(20)19-15-6-4-5-12-18-15/h4-10,12,17H,2-3,11H2,1H3,(H,18,19,20). The SMILES string of the molecule is CCCCNc1ccc(C(=O)Nc2ccccn2)cc1. The summed E-state index contributed by atoms with van der Waals surface area (Å²) in [5, 5.41) is 6.08. The number of carbonyl (C=O) groups is 1. The van der Waals surface area contributed by atoms with Gasteiger partial charge in [0.2, 0.25) is 0 Å². The Bertz CT molecular complexity index is 537. The second-order valence-electron chi connectivity index (χ2n) is 4.53. The summed E-state index contributed by atoms with van der Waals surface area (Å²) in [6.07, 6.45) is 3.95. The summed E-state index contributed by atoms with van der Waals surface area (Å²) >= 11 is 0. The second kappa shape index (κ2) is 7.28. The highest BCUT2D eigenvalue weighted by Gasteiger charge is 2.06. The van der Waals surface area contributed by atoms with Gasteiger partial charge in [-0.1, -0.05) is 19.4 Å². The Hall–Kier alpha value is -2.36. The molecule has 0 atom stereocenters. The van der Waals surface area contributed by atoms with E-state index in [4.69, 9.17) is 0 Å². The molecule has 2 N–H and O–H groups in total. The van der Waals surface area contributed by atoms with Crippen molar-refractivity contribution in [1.82, 2.24) is 4.98 Å². The van der Waals surface area contributed by atoms with E-state index in [9.17, 15) is 4.79 Å². The molecule has 104 valence electrons. The molecule has 0 radical (unpaired) electrons. The molecule has 4 nitrogen and oxygen atoms in total. The average Bonchev–Trinajstić information content (AvgIpc) is 2.49. The fourth-order valence-corrected chi connectivity index (χ4v) is 1.77. The molecule has 0 unspecified atom stereocenters. The first-order valence-corrected chi connectivity index (χ1v) is 6.86. The lowest BCUT2D eigenvalue weighted by molar-refractivity contribution is 0.102. The molecule has 1 heterocycles. The van der Waals surface area contributed by atoms with Crippen molar-refractivity contribution in [1.29, 1.82) is 0 Å². The molecule has 0 spiro atoms. The molecule has 2 aromatic rings. The number of nitrogens with zero attached hydrogens (tertiary/aromatic N) is 1. The topological polar surface area (TPSA) is 54.0 Å². The Morgan fingerprint density at radius 2 is 1.95 bits per heavy atom. The maximum atomic E-state index is 12.0. The normalized spacial score (nSPS) is 10.1. The van der Waals surface area contributed by atoms with Gasteiger partial charge in [0.1, 0.15) is 5.82 Å². The van der Waals surface area contributed by atoms with Crippen LogP contribution in [0.25, 0.3) is 0 Å². The molecule has 1 amide bonds. The van der Waals surface area contributed by atoms with E-state index in [2.05, 4.69) is 22.5 Å². The fraction of sp³-hybridized carbons (Fsp3) is 0.250. The van der Waals surface area contributed by atoms with Gasteiger partial charge in [-0.05, 0) is 42.8 Å². The summed E-state index contributed by atoms with van der Waals surface area (Å²) in [6, 6.07) is 12.9. The monoisotopic (exact) mass is 269 g/mol. The van der Waals surface area contributed by atoms with E-state index < -0.39 is 0 Å². The number of anilines is 2. The van der Waals surface area contributed by atoms with E-state index in [1.165, 1.54) is 0 Å². The van der Waals surface area contributed by atoms with Gasteiger partial charge in [-0.25, -0.2) is 4.98 Å². The first kappa shape index (κ1) is 14.1. The molecular weight excluding hydrogens is 250 g/mol. The van der Waals surface area contributed by atoms with Crippen LogP contribution in [0.2, 0.25) is 0 Å². The van der Waals surface area contributed by atoms with Gasteiger partial charge in [-0.15, -0.1) is 0 Å². The molecular formula is C16H19N3O. The van der Waals surface area contributed by atoms with Crippen LogP contribution in [0.15, 0.2) is 48.7 Å². The van der Waals surface area contributed by atoms with E-state index in [1.807, 2.05) is 36.4 Å². The van der Waals surface area contributed by atoms with Gasteiger partial charge in [-0.3, -0.25) is 4.79 Å². The zero-order chi connectivity index (χ0) is 14.2. The zero-order valence-corrected chi connectivity index (χ0v) is 11.6. The predicted molar refractivity (Wildman–Crippen MR) is 82.0 cm³/mol. The smallest absolute Gasteiger partial charge is 0.256 e. The number of carbonyl (C=O) groups excluding carboxylic acids is 1. The first-order chi connectivity index (χ1) is 9.79. The Morgan fingerprint density at radius 3 is 2.60 bits per heavy atom. The van der Waals surface area contributed by atoms with Gasteiger partial charge in [0.25, 0.3) is 5.91 Å². The molecule has 0 aliphatic carbocycles. The molecule has 4 heteroatoms. The largest absolute Gasteiger partial charge is 0.385 e. The zero-order valence-electron chi connectivity index (χ0n) is 11.6. The molecule has 0 fully saturated rings. The van der Waals surface area contributed by atoms with E-state index in [1.54, 1.807) is 12.3 Å². The lowest BCUT2D eigenvalue weighted by Crippen LogP contribution is -2.12. The van der Waals surface area contributed by atoms with Crippen LogP contribution >= 0.6 is 0 Å². The van der Waals surface area contributed by atoms with Crippen LogP contribution < -0.4 is 10.6 Å². The number of rotatable bonds is 6. The van der Waals surface area contributed by atoms with Gasteiger partial charge in [0.15, 0.2) is 0 Å². The minimum Gasteiger partial charge on any atom is -0.385 e. The summed E-state index contributed by atoms with van der Waals surface area (Å²) in [5.74, 6) is 0.409. The maximum Gasteiger partial charge on any atom is 0.256 e. The number of hydrogen-bond donors (Lipinski definition) is 2. The van der Waals surface area contributed by atoms with E-state index in [0.717, 1.165) is 25.1 Å². The third-order valence-electron chi connectivity index (χ3n) is 2.91. The molecule has 1 aromatic heterocycles. The fourth-order valence-electron chi connectivity index (χ4n) is 1.77. The van der Waals surface area contributed by atoms with Crippen LogP contribution in [0.1, 0.15) is 30.1 Å². The lowest BCUT2D eigenvalue weighted by atomic mass is 10.2. The van der Waals surface area contributed by atoms with Crippen LogP contribution in [-0.4, -0.2) is 17.4 Å². The van der Waals surface area contributed by atoms with Crippen LogP contribution in [0.5, 0.6) is 0 Å². The summed E-state index contributed by atoms with van der Waals surface area (Å²) in [7, 11) is 0. The summed E-state index contributed by atoms with van der Waals surface area (Å²) in [6.45, 7) is 3.11. The number of pyridine rings is 1.